The van der Waals surface area contributed by atoms with Crippen molar-refractivity contribution in [2.75, 3.05) is 43.4 Å². The molecule has 38 heavy (non-hydrogen) atoms. The van der Waals surface area contributed by atoms with Crippen LogP contribution >= 0.6 is 0 Å². The quantitative estimate of drug-likeness (QED) is 0.538. The van der Waals surface area contributed by atoms with E-state index in [2.05, 4.69) is 44.8 Å². The number of aromatic nitrogens is 2. The van der Waals surface area contributed by atoms with Gasteiger partial charge in [0.15, 0.2) is 11.5 Å². The summed E-state index contributed by atoms with van der Waals surface area (Å²) in [5, 5.41) is 7.07. The molecule has 2 unspecified atom stereocenters. The number of hydrogen-bond acceptors (Lipinski definition) is 7. The van der Waals surface area contributed by atoms with Gasteiger partial charge in [0, 0.05) is 51.0 Å². The van der Waals surface area contributed by atoms with Gasteiger partial charge in [-0.25, -0.2) is 14.8 Å². The minimum atomic E-state index is -0.619. The van der Waals surface area contributed by atoms with Gasteiger partial charge in [-0.2, -0.15) is 0 Å². The molecule has 2 aromatic rings. The summed E-state index contributed by atoms with van der Waals surface area (Å²) in [7, 11) is 1.85. The molecule has 202 valence electrons. The van der Waals surface area contributed by atoms with E-state index in [1.165, 1.54) is 37.7 Å². The van der Waals surface area contributed by atoms with Crippen molar-refractivity contribution < 1.29 is 9.59 Å². The Morgan fingerprint density at radius 1 is 1.05 bits per heavy atom. The van der Waals surface area contributed by atoms with E-state index >= 15 is 0 Å². The number of fused-ring (bicyclic) bond motifs is 2. The largest absolute Gasteiger partial charge is 0.364 e. The molecule has 0 aliphatic carbocycles. The van der Waals surface area contributed by atoms with Crippen LogP contribution in [0.2, 0.25) is 0 Å². The van der Waals surface area contributed by atoms with Crippen molar-refractivity contribution in [3.63, 3.8) is 0 Å². The van der Waals surface area contributed by atoms with Gasteiger partial charge in [0.2, 0.25) is 0 Å². The number of nitrogens with two attached hydrogens (primary N) is 1. The Bertz CT molecular complexity index is 1180. The minimum Gasteiger partial charge on any atom is -0.364 e. The number of likely N-dealkylation sites (N-methyl/N-ethyl adjacent to an activating group) is 1. The first-order valence-corrected chi connectivity index (χ1v) is 14.0. The second kappa shape index (κ2) is 10.4. The third-order valence-electron chi connectivity index (χ3n) is 8.76. The Balaban J connectivity index is 1.18. The minimum absolute atomic E-state index is 0.0884. The number of urea groups is 1. The summed E-state index contributed by atoms with van der Waals surface area (Å²) in [5.41, 5.74) is 7.98. The molecule has 4 saturated heterocycles. The predicted molar refractivity (Wildman–Crippen MR) is 147 cm³/mol. The van der Waals surface area contributed by atoms with Crippen LogP contribution in [0.1, 0.15) is 66.9 Å². The molecule has 1 aromatic heterocycles. The van der Waals surface area contributed by atoms with Crippen LogP contribution in [0.4, 0.5) is 22.1 Å². The molecule has 10 nitrogen and oxygen atoms in total. The third kappa shape index (κ3) is 5.01. The van der Waals surface area contributed by atoms with Crippen LogP contribution in [-0.4, -0.2) is 83.1 Å². The molecular weight excluding hydrogens is 480 g/mol. The van der Waals surface area contributed by atoms with E-state index in [-0.39, 0.29) is 17.8 Å². The van der Waals surface area contributed by atoms with Crippen LogP contribution in [0.25, 0.3) is 0 Å². The number of anilines is 3. The first-order chi connectivity index (χ1) is 18.4. The molecule has 4 N–H and O–H groups in total. The van der Waals surface area contributed by atoms with E-state index in [0.717, 1.165) is 38.2 Å². The Kier molecular flexibility index (Phi) is 6.82. The number of piperidine rings is 3. The number of carbonyl (C=O) groups is 2. The summed E-state index contributed by atoms with van der Waals surface area (Å²) >= 11 is 0. The average Bonchev–Trinajstić information content (AvgIpc) is 3.26. The molecule has 0 spiro atoms. The smallest absolute Gasteiger partial charge is 0.320 e. The van der Waals surface area contributed by atoms with Gasteiger partial charge in [0.05, 0.1) is 12.2 Å². The monoisotopic (exact) mass is 518 g/mol. The number of amides is 3. The van der Waals surface area contributed by atoms with Crippen molar-refractivity contribution in [3.8, 4) is 0 Å². The van der Waals surface area contributed by atoms with E-state index in [1.54, 1.807) is 11.1 Å². The van der Waals surface area contributed by atoms with E-state index in [9.17, 15) is 9.59 Å². The van der Waals surface area contributed by atoms with Gasteiger partial charge in [-0.1, -0.05) is 18.6 Å². The highest BCUT2D eigenvalue weighted by atomic mass is 16.2. The van der Waals surface area contributed by atoms with Gasteiger partial charge in [0.25, 0.3) is 5.91 Å². The van der Waals surface area contributed by atoms with Crippen molar-refractivity contribution >= 4 is 29.3 Å². The highest BCUT2D eigenvalue weighted by Crippen LogP contribution is 2.36. The topological polar surface area (TPSA) is 120 Å². The maximum Gasteiger partial charge on any atom is 0.320 e. The number of nitrogens with zero attached hydrogens (tertiary/aromatic N) is 5. The summed E-state index contributed by atoms with van der Waals surface area (Å²) in [5.74, 6) is 1.00. The van der Waals surface area contributed by atoms with E-state index in [0.29, 0.717) is 36.2 Å². The van der Waals surface area contributed by atoms with Crippen LogP contribution in [-0.2, 0) is 0 Å². The molecule has 4 fully saturated rings. The number of hydrogen-bond donors (Lipinski definition) is 3. The van der Waals surface area contributed by atoms with Gasteiger partial charge in [-0.3, -0.25) is 4.79 Å². The van der Waals surface area contributed by atoms with Gasteiger partial charge < -0.3 is 31.1 Å². The maximum absolute atomic E-state index is 12.5. The van der Waals surface area contributed by atoms with E-state index in [1.807, 2.05) is 11.9 Å². The van der Waals surface area contributed by atoms with Crippen molar-refractivity contribution in [1.29, 1.82) is 0 Å². The lowest BCUT2D eigenvalue weighted by Gasteiger charge is -2.40. The molecule has 1 aromatic carbocycles. The van der Waals surface area contributed by atoms with Crippen LogP contribution in [0.15, 0.2) is 30.5 Å². The average molecular weight is 519 g/mol. The van der Waals surface area contributed by atoms with Gasteiger partial charge in [-0.05, 0) is 62.1 Å². The molecule has 6 rings (SSSR count). The molecular formula is C28H38N8O2. The predicted octanol–water partition coefficient (Wildman–Crippen LogP) is 3.04. The first-order valence-electron chi connectivity index (χ1n) is 14.0. The SMILES string of the molecule is CN1CCN([C@@H]2CCCN(c3cnc(C(N)=O)c(Nc4ccc(C5CC6CCCC(C5)N6)cc4)n3)C2)C1=O. The number of carbonyl (C=O) groups excluding carboxylic acids is 2. The Morgan fingerprint density at radius 2 is 1.82 bits per heavy atom. The fourth-order valence-corrected chi connectivity index (χ4v) is 6.74. The number of benzene rings is 1. The summed E-state index contributed by atoms with van der Waals surface area (Å²) < 4.78 is 0. The van der Waals surface area contributed by atoms with E-state index < -0.39 is 5.91 Å². The maximum atomic E-state index is 12.5. The lowest BCUT2D eigenvalue weighted by molar-refractivity contribution is 0.0996. The molecule has 10 heteroatoms. The van der Waals surface area contributed by atoms with Crippen LogP contribution in [0.5, 0.6) is 0 Å². The molecule has 4 aliphatic rings. The standard InChI is InChI=1S/C28H38N8O2/c1-34-12-13-36(28(34)38)23-6-3-11-35(17-23)24-16-30-25(26(29)37)27(33-24)32-20-9-7-18(8-10-20)19-14-21-4-2-5-22(15-19)31-21/h7-10,16,19,21-23,31H,2-6,11-15,17H2,1H3,(H2,29,37)(H,32,33)/t19?,21?,22?,23-/m1/s1. The van der Waals surface area contributed by atoms with Crippen molar-refractivity contribution in [2.45, 2.75) is 69.0 Å². The zero-order valence-corrected chi connectivity index (χ0v) is 22.1. The fourth-order valence-electron chi connectivity index (χ4n) is 6.74. The number of primary amides is 1. The summed E-state index contributed by atoms with van der Waals surface area (Å²) in [6, 6.07) is 9.99. The number of rotatable bonds is 6. The van der Waals surface area contributed by atoms with Gasteiger partial charge in [0.1, 0.15) is 5.82 Å². The van der Waals surface area contributed by atoms with Crippen LogP contribution < -0.4 is 21.3 Å². The molecule has 5 heterocycles. The normalized spacial score (nSPS) is 27.5. The second-order valence-corrected chi connectivity index (χ2v) is 11.3. The van der Waals surface area contributed by atoms with Crippen molar-refractivity contribution in [2.24, 2.45) is 5.73 Å². The molecule has 0 radical (unpaired) electrons. The second-order valence-electron chi connectivity index (χ2n) is 11.3. The van der Waals surface area contributed by atoms with Gasteiger partial charge >= 0.3 is 6.03 Å². The van der Waals surface area contributed by atoms with Crippen molar-refractivity contribution in [3.05, 3.63) is 41.7 Å². The lowest BCUT2D eigenvalue weighted by Crippen LogP contribution is -2.49. The van der Waals surface area contributed by atoms with Crippen LogP contribution in [0, 0.1) is 0 Å². The van der Waals surface area contributed by atoms with Crippen LogP contribution in [0.3, 0.4) is 0 Å². The highest BCUT2D eigenvalue weighted by Gasteiger charge is 2.35. The Labute approximate surface area is 224 Å². The summed E-state index contributed by atoms with van der Waals surface area (Å²) in [6.07, 6.45) is 9.83. The molecule has 3 amide bonds. The van der Waals surface area contributed by atoms with E-state index in [4.69, 9.17) is 10.7 Å². The number of nitrogens with one attached hydrogen (secondary N) is 2. The zero-order chi connectivity index (χ0) is 26.2. The molecule has 4 aliphatic heterocycles. The zero-order valence-electron chi connectivity index (χ0n) is 22.1. The summed E-state index contributed by atoms with van der Waals surface area (Å²) in [6.45, 7) is 3.03. The highest BCUT2D eigenvalue weighted by molar-refractivity contribution is 5.96. The first kappa shape index (κ1) is 24.9. The molecule has 3 atom stereocenters. The lowest BCUT2D eigenvalue weighted by atomic mass is 9.77. The summed E-state index contributed by atoms with van der Waals surface area (Å²) in [4.78, 5) is 39.8. The molecule has 2 bridgehead atoms. The molecule has 0 saturated carbocycles. The van der Waals surface area contributed by atoms with Crippen molar-refractivity contribution in [1.82, 2.24) is 25.1 Å². The Morgan fingerprint density at radius 3 is 2.50 bits per heavy atom. The fraction of sp³-hybridized carbons (Fsp3) is 0.571. The third-order valence-corrected chi connectivity index (χ3v) is 8.76. The Hall–Kier alpha value is -3.40. The van der Waals surface area contributed by atoms with Gasteiger partial charge in [-0.15, -0.1) is 0 Å².